The van der Waals surface area contributed by atoms with Crippen LogP contribution in [-0.2, 0) is 4.74 Å². The first kappa shape index (κ1) is 18.5. The number of rotatable bonds is 3. The Morgan fingerprint density at radius 1 is 1.32 bits per heavy atom. The molecule has 1 fully saturated rings. The predicted molar refractivity (Wildman–Crippen MR) is 106 cm³/mol. The van der Waals surface area contributed by atoms with Crippen LogP contribution in [0.1, 0.15) is 5.56 Å². The molecule has 0 saturated carbocycles. The van der Waals surface area contributed by atoms with Crippen LogP contribution in [-0.4, -0.2) is 53.9 Å². The van der Waals surface area contributed by atoms with Crippen molar-refractivity contribution in [1.82, 2.24) is 9.88 Å². The molecule has 4 rings (SSSR count). The van der Waals surface area contributed by atoms with Crippen molar-refractivity contribution in [3.63, 3.8) is 0 Å². The number of nitrogens with zero attached hydrogens (tertiary/aromatic N) is 2. The number of anilines is 1. The number of aromatic nitrogens is 1. The van der Waals surface area contributed by atoms with Crippen molar-refractivity contribution in [1.29, 1.82) is 0 Å². The summed E-state index contributed by atoms with van der Waals surface area (Å²) in [5.41, 5.74) is 4.02. The molecule has 1 atom stereocenters. The molecule has 1 aliphatic rings. The van der Waals surface area contributed by atoms with E-state index in [2.05, 4.69) is 10.3 Å². The second kappa shape index (κ2) is 8.00. The summed E-state index contributed by atoms with van der Waals surface area (Å²) in [5.74, 6) is 0.494. The Kier molecular flexibility index (Phi) is 5.27. The molecule has 3 aromatic rings. The molecule has 1 saturated heterocycles. The van der Waals surface area contributed by atoms with Crippen LogP contribution in [0.15, 0.2) is 46.9 Å². The van der Waals surface area contributed by atoms with Gasteiger partial charge in [0.2, 0.25) is 5.89 Å². The lowest BCUT2D eigenvalue weighted by molar-refractivity contribution is 0.0958. The minimum atomic E-state index is -0.220. The van der Waals surface area contributed by atoms with Gasteiger partial charge in [-0.3, -0.25) is 0 Å². The highest BCUT2D eigenvalue weighted by atomic mass is 16.5. The number of aliphatic hydroxyl groups excluding tert-OH is 1. The van der Waals surface area contributed by atoms with Crippen molar-refractivity contribution in [2.24, 2.45) is 5.92 Å². The first-order valence-corrected chi connectivity index (χ1v) is 9.35. The van der Waals surface area contributed by atoms with Gasteiger partial charge in [-0.25, -0.2) is 9.78 Å². The quantitative estimate of drug-likeness (QED) is 0.727. The zero-order valence-electron chi connectivity index (χ0n) is 15.7. The van der Waals surface area contributed by atoms with Gasteiger partial charge >= 0.3 is 6.03 Å². The van der Waals surface area contributed by atoms with E-state index in [9.17, 15) is 9.90 Å². The van der Waals surface area contributed by atoms with E-state index < -0.39 is 0 Å². The highest BCUT2D eigenvalue weighted by Crippen LogP contribution is 2.28. The summed E-state index contributed by atoms with van der Waals surface area (Å²) >= 11 is 0. The number of nitrogens with one attached hydrogen (secondary N) is 1. The van der Waals surface area contributed by atoms with Crippen LogP contribution in [0.25, 0.3) is 22.6 Å². The fraction of sp³-hybridized carbons (Fsp3) is 0.333. The number of carbonyl (C=O) groups is 1. The Morgan fingerprint density at radius 3 is 3.00 bits per heavy atom. The second-order valence-corrected chi connectivity index (χ2v) is 7.02. The molecule has 1 aromatic heterocycles. The molecule has 2 heterocycles. The number of amides is 2. The molecule has 1 aliphatic heterocycles. The van der Waals surface area contributed by atoms with E-state index in [1.165, 1.54) is 0 Å². The Hall–Kier alpha value is -2.90. The molecule has 146 valence electrons. The van der Waals surface area contributed by atoms with Gasteiger partial charge in [-0.15, -0.1) is 0 Å². The van der Waals surface area contributed by atoms with Gasteiger partial charge in [-0.2, -0.15) is 0 Å². The third kappa shape index (κ3) is 3.85. The second-order valence-electron chi connectivity index (χ2n) is 7.02. The first-order valence-electron chi connectivity index (χ1n) is 9.35. The zero-order chi connectivity index (χ0) is 19.5. The number of hydrogen-bond donors (Lipinski definition) is 2. The van der Waals surface area contributed by atoms with Gasteiger partial charge in [-0.05, 0) is 30.7 Å². The van der Waals surface area contributed by atoms with Crippen molar-refractivity contribution < 1.29 is 19.1 Å². The molecule has 7 nitrogen and oxygen atoms in total. The highest BCUT2D eigenvalue weighted by molar-refractivity contribution is 5.92. The summed E-state index contributed by atoms with van der Waals surface area (Å²) < 4.78 is 11.4. The van der Waals surface area contributed by atoms with Crippen LogP contribution in [0.5, 0.6) is 0 Å². The number of fused-ring (bicyclic) bond motifs is 1. The van der Waals surface area contributed by atoms with E-state index in [0.29, 0.717) is 43.5 Å². The number of hydrogen-bond acceptors (Lipinski definition) is 5. The van der Waals surface area contributed by atoms with Gasteiger partial charge in [0.25, 0.3) is 0 Å². The van der Waals surface area contributed by atoms with E-state index >= 15 is 0 Å². The largest absolute Gasteiger partial charge is 0.436 e. The zero-order valence-corrected chi connectivity index (χ0v) is 15.7. The Morgan fingerprint density at radius 2 is 2.18 bits per heavy atom. The van der Waals surface area contributed by atoms with Gasteiger partial charge in [0.15, 0.2) is 5.58 Å². The molecule has 2 amide bonds. The molecular formula is C21H23N3O4. The maximum atomic E-state index is 12.6. The monoisotopic (exact) mass is 381 g/mol. The number of aliphatic hydroxyl groups is 1. The molecule has 0 radical (unpaired) electrons. The first-order chi connectivity index (χ1) is 13.6. The van der Waals surface area contributed by atoms with E-state index in [4.69, 9.17) is 9.15 Å². The van der Waals surface area contributed by atoms with Crippen LogP contribution in [0.3, 0.4) is 0 Å². The average Bonchev–Trinajstić information content (AvgIpc) is 2.96. The lowest BCUT2D eigenvalue weighted by Gasteiger charge is -2.23. The Labute approximate surface area is 162 Å². The van der Waals surface area contributed by atoms with Crippen molar-refractivity contribution in [2.45, 2.75) is 6.92 Å². The van der Waals surface area contributed by atoms with E-state index in [-0.39, 0.29) is 18.6 Å². The maximum Gasteiger partial charge on any atom is 0.321 e. The van der Waals surface area contributed by atoms with Crippen LogP contribution in [0.2, 0.25) is 0 Å². The standard InChI is InChI=1S/C21H23N3O4/c1-14-4-2-3-5-17(14)20-23-18-7-6-16(10-19(18)28-20)22-21(26)24-8-9-27-13-15(11-24)12-25/h2-7,10,15,25H,8-9,11-13H2,1H3,(H,22,26)/t15-/m0/s1. The highest BCUT2D eigenvalue weighted by Gasteiger charge is 2.22. The van der Waals surface area contributed by atoms with E-state index in [1.54, 1.807) is 11.0 Å². The molecule has 0 unspecified atom stereocenters. The predicted octanol–water partition coefficient (Wildman–Crippen LogP) is 3.28. The molecule has 2 aromatic carbocycles. The number of urea groups is 1. The fourth-order valence-corrected chi connectivity index (χ4v) is 3.31. The van der Waals surface area contributed by atoms with Crippen LogP contribution >= 0.6 is 0 Å². The number of benzene rings is 2. The van der Waals surface area contributed by atoms with Crippen LogP contribution in [0.4, 0.5) is 10.5 Å². The summed E-state index contributed by atoms with van der Waals surface area (Å²) in [6.07, 6.45) is 0. The minimum Gasteiger partial charge on any atom is -0.436 e. The third-order valence-corrected chi connectivity index (χ3v) is 4.90. The van der Waals surface area contributed by atoms with Crippen molar-refractivity contribution >= 4 is 22.8 Å². The lowest BCUT2D eigenvalue weighted by Crippen LogP contribution is -2.39. The van der Waals surface area contributed by atoms with Crippen molar-refractivity contribution in [3.8, 4) is 11.5 Å². The van der Waals surface area contributed by atoms with Gasteiger partial charge in [0.1, 0.15) is 5.52 Å². The summed E-state index contributed by atoms with van der Waals surface area (Å²) in [4.78, 5) is 18.8. The van der Waals surface area contributed by atoms with E-state index in [0.717, 1.165) is 16.6 Å². The minimum absolute atomic E-state index is 0.00448. The summed E-state index contributed by atoms with van der Waals surface area (Å²) in [6.45, 7) is 3.89. The Bertz CT molecular complexity index is 985. The van der Waals surface area contributed by atoms with E-state index in [1.807, 2.05) is 43.3 Å². The van der Waals surface area contributed by atoms with Gasteiger partial charge < -0.3 is 24.5 Å². The number of oxazole rings is 1. The normalized spacial score (nSPS) is 17.5. The maximum absolute atomic E-state index is 12.6. The summed E-state index contributed by atoms with van der Waals surface area (Å²) in [7, 11) is 0. The van der Waals surface area contributed by atoms with Crippen molar-refractivity contribution in [2.75, 3.05) is 38.2 Å². The summed E-state index contributed by atoms with van der Waals surface area (Å²) in [6, 6.07) is 13.1. The molecule has 7 heteroatoms. The van der Waals surface area contributed by atoms with Crippen molar-refractivity contribution in [3.05, 3.63) is 48.0 Å². The SMILES string of the molecule is Cc1ccccc1-c1nc2ccc(NC(=O)N3CCOC[C@H](CO)C3)cc2o1. The topological polar surface area (TPSA) is 87.8 Å². The van der Waals surface area contributed by atoms with Gasteiger partial charge in [0, 0.05) is 42.9 Å². The summed E-state index contributed by atoms with van der Waals surface area (Å²) in [5, 5.41) is 12.3. The molecule has 0 bridgehead atoms. The van der Waals surface area contributed by atoms with Crippen LogP contribution in [0, 0.1) is 12.8 Å². The lowest BCUT2D eigenvalue weighted by atomic mass is 10.1. The van der Waals surface area contributed by atoms with Gasteiger partial charge in [-0.1, -0.05) is 18.2 Å². The Balaban J connectivity index is 1.53. The van der Waals surface area contributed by atoms with Gasteiger partial charge in [0.05, 0.1) is 13.2 Å². The number of carbonyl (C=O) groups excluding carboxylic acids is 1. The average molecular weight is 381 g/mol. The molecule has 0 aliphatic carbocycles. The van der Waals surface area contributed by atoms with Crippen LogP contribution < -0.4 is 5.32 Å². The number of aryl methyl sites for hydroxylation is 1. The molecule has 2 N–H and O–H groups in total. The molecule has 28 heavy (non-hydrogen) atoms. The molecule has 0 spiro atoms. The fourth-order valence-electron chi connectivity index (χ4n) is 3.31. The molecular weight excluding hydrogens is 358 g/mol. The third-order valence-electron chi connectivity index (χ3n) is 4.90. The number of ether oxygens (including phenoxy) is 1. The smallest absolute Gasteiger partial charge is 0.321 e.